The molecule has 0 aliphatic carbocycles. The lowest BCUT2D eigenvalue weighted by molar-refractivity contribution is 0.0863. The van der Waals surface area contributed by atoms with E-state index in [0.717, 1.165) is 23.4 Å². The summed E-state index contributed by atoms with van der Waals surface area (Å²) in [6.45, 7) is 1.87. The molecule has 0 amide bonds. The first-order valence-electron chi connectivity index (χ1n) is 6.02. The van der Waals surface area contributed by atoms with Gasteiger partial charge >= 0.3 is 0 Å². The second-order valence-electron chi connectivity index (χ2n) is 4.95. The van der Waals surface area contributed by atoms with Crippen molar-refractivity contribution in [3.63, 3.8) is 0 Å². The Kier molecular flexibility index (Phi) is 2.79. The molecule has 0 spiro atoms. The Balaban J connectivity index is 2.06. The molecule has 0 aromatic heterocycles. The van der Waals surface area contributed by atoms with Gasteiger partial charge in [-0.25, -0.2) is 0 Å². The predicted molar refractivity (Wildman–Crippen MR) is 69.7 cm³/mol. The summed E-state index contributed by atoms with van der Waals surface area (Å²) in [7, 11) is 2.17. The van der Waals surface area contributed by atoms with Gasteiger partial charge in [0.05, 0.1) is 6.04 Å². The lowest BCUT2D eigenvalue weighted by Crippen LogP contribution is -2.47. The van der Waals surface area contributed by atoms with Gasteiger partial charge in [0, 0.05) is 22.0 Å². The number of halogens is 1. The van der Waals surface area contributed by atoms with E-state index in [1.165, 1.54) is 18.4 Å². The number of ether oxygens (including phenoxy) is 1. The summed E-state index contributed by atoms with van der Waals surface area (Å²) in [6.07, 6.45) is 2.43. The van der Waals surface area contributed by atoms with Crippen molar-refractivity contribution in [1.82, 2.24) is 4.90 Å². The zero-order valence-corrected chi connectivity index (χ0v) is 11.4. The Bertz CT molecular complexity index is 449. The molecule has 1 aromatic carbocycles. The zero-order chi connectivity index (χ0) is 12.0. The van der Waals surface area contributed by atoms with Crippen LogP contribution in [-0.2, 0) is 0 Å². The molecule has 0 bridgehead atoms. The van der Waals surface area contributed by atoms with Gasteiger partial charge in [-0.05, 0) is 32.5 Å². The number of aromatic hydroxyl groups is 1. The number of nitrogens with zero attached hydrogens (tertiary/aromatic N) is 1. The van der Waals surface area contributed by atoms with Gasteiger partial charge in [-0.2, -0.15) is 0 Å². The van der Waals surface area contributed by atoms with E-state index in [1.54, 1.807) is 12.1 Å². The molecule has 3 rings (SSSR count). The zero-order valence-electron chi connectivity index (χ0n) is 9.82. The first-order valence-corrected chi connectivity index (χ1v) is 6.81. The molecule has 2 heterocycles. The molecule has 1 N–H and O–H groups in total. The van der Waals surface area contributed by atoms with Crippen molar-refractivity contribution < 1.29 is 9.84 Å². The molecule has 1 saturated heterocycles. The Hall–Kier alpha value is -0.740. The third-order valence-corrected chi connectivity index (χ3v) is 4.57. The van der Waals surface area contributed by atoms with Crippen molar-refractivity contribution in [3.8, 4) is 11.5 Å². The van der Waals surface area contributed by atoms with Crippen molar-refractivity contribution in [2.75, 3.05) is 20.2 Å². The van der Waals surface area contributed by atoms with Gasteiger partial charge in [0.15, 0.2) is 0 Å². The Morgan fingerprint density at radius 1 is 1.47 bits per heavy atom. The van der Waals surface area contributed by atoms with Gasteiger partial charge in [-0.3, -0.25) is 4.90 Å². The summed E-state index contributed by atoms with van der Waals surface area (Å²) in [5, 5.41) is 9.60. The lowest BCUT2D eigenvalue weighted by Gasteiger charge is -2.43. The maximum atomic E-state index is 9.60. The second-order valence-corrected chi connectivity index (χ2v) is 5.80. The normalized spacial score (nSPS) is 28.1. The summed E-state index contributed by atoms with van der Waals surface area (Å²) < 4.78 is 6.76. The molecule has 92 valence electrons. The molecule has 0 saturated carbocycles. The highest BCUT2D eigenvalue weighted by molar-refractivity contribution is 9.10. The minimum Gasteiger partial charge on any atom is -0.508 e. The van der Waals surface area contributed by atoms with Crippen LogP contribution < -0.4 is 4.74 Å². The molecule has 2 aliphatic rings. The highest BCUT2D eigenvalue weighted by atomic mass is 79.9. The third kappa shape index (κ3) is 1.83. The van der Waals surface area contributed by atoms with Gasteiger partial charge in [-0.15, -0.1) is 0 Å². The van der Waals surface area contributed by atoms with Crippen LogP contribution in [0.3, 0.4) is 0 Å². The predicted octanol–water partition coefficient (Wildman–Crippen LogP) is 2.72. The van der Waals surface area contributed by atoms with Crippen LogP contribution in [0.15, 0.2) is 16.6 Å². The molecule has 17 heavy (non-hydrogen) atoms. The molecular formula is C13H16BrNO2. The fraction of sp³-hybridized carbons (Fsp3) is 0.538. The van der Waals surface area contributed by atoms with E-state index < -0.39 is 0 Å². The number of likely N-dealkylation sites (tertiary alicyclic amines) is 1. The molecule has 2 atom stereocenters. The highest BCUT2D eigenvalue weighted by Gasteiger charge is 2.37. The van der Waals surface area contributed by atoms with Gasteiger partial charge in [0.2, 0.25) is 0 Å². The number of fused-ring (bicyclic) bond motifs is 3. The number of phenolic OH excluding ortho intramolecular Hbond substituents is 1. The van der Waals surface area contributed by atoms with Crippen LogP contribution in [0, 0.1) is 0 Å². The fourth-order valence-corrected chi connectivity index (χ4v) is 3.76. The molecular weight excluding hydrogens is 282 g/mol. The van der Waals surface area contributed by atoms with Crippen LogP contribution in [0.2, 0.25) is 0 Å². The average Bonchev–Trinajstić information content (AvgIpc) is 2.28. The number of piperidine rings is 1. The number of hydrogen-bond donors (Lipinski definition) is 1. The molecule has 3 nitrogen and oxygen atoms in total. The molecule has 1 aromatic rings. The molecule has 0 unspecified atom stereocenters. The van der Waals surface area contributed by atoms with E-state index in [0.29, 0.717) is 12.0 Å². The van der Waals surface area contributed by atoms with Gasteiger partial charge in [0.1, 0.15) is 18.1 Å². The van der Waals surface area contributed by atoms with E-state index >= 15 is 0 Å². The Labute approximate surface area is 110 Å². The van der Waals surface area contributed by atoms with Gasteiger partial charge in [0.25, 0.3) is 0 Å². The number of hydrogen-bond acceptors (Lipinski definition) is 3. The topological polar surface area (TPSA) is 32.7 Å². The van der Waals surface area contributed by atoms with Crippen molar-refractivity contribution in [1.29, 1.82) is 0 Å². The Morgan fingerprint density at radius 3 is 3.12 bits per heavy atom. The third-order valence-electron chi connectivity index (χ3n) is 3.91. The summed E-state index contributed by atoms with van der Waals surface area (Å²) in [5.74, 6) is 1.62. The van der Waals surface area contributed by atoms with Crippen molar-refractivity contribution >= 4 is 15.9 Å². The van der Waals surface area contributed by atoms with E-state index in [-0.39, 0.29) is 5.75 Å². The van der Waals surface area contributed by atoms with Crippen LogP contribution in [0.4, 0.5) is 0 Å². The minimum absolute atomic E-state index is 0.262. The summed E-state index contributed by atoms with van der Waals surface area (Å²) in [5.41, 5.74) is 1.23. The monoisotopic (exact) mass is 297 g/mol. The molecule has 4 heteroatoms. The van der Waals surface area contributed by atoms with Crippen LogP contribution >= 0.6 is 15.9 Å². The van der Waals surface area contributed by atoms with E-state index in [1.807, 2.05) is 0 Å². The van der Waals surface area contributed by atoms with Crippen LogP contribution in [0.25, 0.3) is 0 Å². The van der Waals surface area contributed by atoms with Crippen LogP contribution in [-0.4, -0.2) is 36.2 Å². The Morgan fingerprint density at radius 2 is 2.29 bits per heavy atom. The van der Waals surface area contributed by atoms with E-state index in [2.05, 4.69) is 27.9 Å². The quantitative estimate of drug-likeness (QED) is 0.799. The number of benzene rings is 1. The first kappa shape index (κ1) is 11.4. The summed E-state index contributed by atoms with van der Waals surface area (Å²) >= 11 is 3.56. The van der Waals surface area contributed by atoms with Gasteiger partial charge < -0.3 is 9.84 Å². The lowest BCUT2D eigenvalue weighted by atomic mass is 9.82. The maximum Gasteiger partial charge on any atom is 0.127 e. The molecule has 0 radical (unpaired) electrons. The van der Waals surface area contributed by atoms with E-state index in [4.69, 9.17) is 4.74 Å². The van der Waals surface area contributed by atoms with Crippen LogP contribution in [0.1, 0.15) is 24.3 Å². The smallest absolute Gasteiger partial charge is 0.127 e. The average molecular weight is 298 g/mol. The molecule has 1 fully saturated rings. The van der Waals surface area contributed by atoms with E-state index in [9.17, 15) is 5.11 Å². The SMILES string of the molecule is CN1CCC[C@@H]2c3c(Br)cc(O)cc3OC[C@H]21. The number of rotatable bonds is 0. The minimum atomic E-state index is 0.262. The highest BCUT2D eigenvalue weighted by Crippen LogP contribution is 2.45. The fourth-order valence-electron chi connectivity index (χ4n) is 3.04. The first-order chi connectivity index (χ1) is 8.16. The standard InChI is InChI=1S/C13H16BrNO2/c1-15-4-2-3-9-11(15)7-17-12-6-8(16)5-10(14)13(9)12/h5-6,9,11,16H,2-4,7H2,1H3/t9-,11+/m0/s1. The van der Waals surface area contributed by atoms with Gasteiger partial charge in [-0.1, -0.05) is 15.9 Å². The second kappa shape index (κ2) is 4.18. The largest absolute Gasteiger partial charge is 0.508 e. The number of phenols is 1. The molecule has 2 aliphatic heterocycles. The summed E-state index contributed by atoms with van der Waals surface area (Å²) in [4.78, 5) is 2.39. The summed E-state index contributed by atoms with van der Waals surface area (Å²) in [6, 6.07) is 3.96. The van der Waals surface area contributed by atoms with Crippen LogP contribution in [0.5, 0.6) is 11.5 Å². The van der Waals surface area contributed by atoms with Crippen molar-refractivity contribution in [3.05, 3.63) is 22.2 Å². The van der Waals surface area contributed by atoms with Crippen molar-refractivity contribution in [2.45, 2.75) is 24.8 Å². The van der Waals surface area contributed by atoms with Crippen molar-refractivity contribution in [2.24, 2.45) is 0 Å². The maximum absolute atomic E-state index is 9.60. The number of likely N-dealkylation sites (N-methyl/N-ethyl adjacent to an activating group) is 1.